The van der Waals surface area contributed by atoms with Crippen LogP contribution in [0.2, 0.25) is 0 Å². The second-order valence-corrected chi connectivity index (χ2v) is 9.69. The molecule has 0 heterocycles. The first-order chi connectivity index (χ1) is 14.6. The van der Waals surface area contributed by atoms with Gasteiger partial charge in [-0.15, -0.1) is 0 Å². The molecule has 1 amide bonds. The summed E-state index contributed by atoms with van der Waals surface area (Å²) in [5, 5.41) is 3.00. The molecule has 6 heteroatoms. The molecule has 0 bridgehead atoms. The van der Waals surface area contributed by atoms with Crippen LogP contribution < -0.4 is 10.0 Å². The topological polar surface area (TPSA) is 75.3 Å². The molecule has 3 rings (SSSR count). The Balaban J connectivity index is 1.81. The van der Waals surface area contributed by atoms with Crippen molar-refractivity contribution in [2.75, 3.05) is 4.72 Å². The average Bonchev–Trinajstić information content (AvgIpc) is 2.69. The Bertz CT molecular complexity index is 1220. The van der Waals surface area contributed by atoms with Gasteiger partial charge in [0, 0.05) is 5.56 Å². The Morgan fingerprint density at radius 3 is 2.10 bits per heavy atom. The molecule has 1 atom stereocenters. The summed E-state index contributed by atoms with van der Waals surface area (Å²) in [7, 11) is -3.75. The summed E-state index contributed by atoms with van der Waals surface area (Å²) in [6.45, 7) is 9.69. The maximum atomic E-state index is 12.9. The van der Waals surface area contributed by atoms with Crippen LogP contribution in [0.4, 0.5) is 5.69 Å². The molecule has 0 unspecified atom stereocenters. The highest BCUT2D eigenvalue weighted by molar-refractivity contribution is 7.92. The lowest BCUT2D eigenvalue weighted by Gasteiger charge is -2.18. The molecule has 31 heavy (non-hydrogen) atoms. The fourth-order valence-corrected chi connectivity index (χ4v) is 4.59. The summed E-state index contributed by atoms with van der Waals surface area (Å²) >= 11 is 0. The van der Waals surface area contributed by atoms with Crippen molar-refractivity contribution in [3.05, 3.63) is 94.0 Å². The van der Waals surface area contributed by atoms with Crippen molar-refractivity contribution in [1.29, 1.82) is 0 Å². The molecule has 0 spiro atoms. The number of hydrogen-bond acceptors (Lipinski definition) is 3. The van der Waals surface area contributed by atoms with Gasteiger partial charge in [-0.1, -0.05) is 47.5 Å². The van der Waals surface area contributed by atoms with Crippen molar-refractivity contribution < 1.29 is 13.2 Å². The first-order valence-electron chi connectivity index (χ1n) is 10.1. The molecule has 0 aliphatic rings. The third-order valence-electron chi connectivity index (χ3n) is 5.31. The highest BCUT2D eigenvalue weighted by Gasteiger charge is 2.18. The number of nitrogens with one attached hydrogen (secondary N) is 2. The van der Waals surface area contributed by atoms with E-state index in [9.17, 15) is 13.2 Å². The average molecular weight is 437 g/mol. The summed E-state index contributed by atoms with van der Waals surface area (Å²) in [5.74, 6) is -0.261. The predicted octanol–water partition coefficient (Wildman–Crippen LogP) is 5.21. The number of carbonyl (C=O) groups is 1. The lowest BCUT2D eigenvalue weighted by Crippen LogP contribution is -2.27. The van der Waals surface area contributed by atoms with Crippen LogP contribution in [0.3, 0.4) is 0 Å². The normalized spacial score (nSPS) is 12.3. The van der Waals surface area contributed by atoms with Gasteiger partial charge in [-0.2, -0.15) is 0 Å². The number of carbonyl (C=O) groups excluding carboxylic acids is 1. The smallest absolute Gasteiger partial charge is 0.261 e. The van der Waals surface area contributed by atoms with Crippen LogP contribution in [0.5, 0.6) is 0 Å². The summed E-state index contributed by atoms with van der Waals surface area (Å²) in [6.07, 6.45) is 0. The maximum Gasteiger partial charge on any atom is 0.261 e. The van der Waals surface area contributed by atoms with Gasteiger partial charge < -0.3 is 5.32 Å². The summed E-state index contributed by atoms with van der Waals surface area (Å²) < 4.78 is 28.1. The first kappa shape index (κ1) is 22.6. The van der Waals surface area contributed by atoms with Gasteiger partial charge in [0.25, 0.3) is 15.9 Å². The second-order valence-electron chi connectivity index (χ2n) is 8.00. The van der Waals surface area contributed by atoms with E-state index in [1.165, 1.54) is 5.56 Å². The van der Waals surface area contributed by atoms with E-state index in [1.54, 1.807) is 49.4 Å². The predicted molar refractivity (Wildman–Crippen MR) is 125 cm³/mol. The van der Waals surface area contributed by atoms with Crippen molar-refractivity contribution in [3.63, 3.8) is 0 Å². The minimum atomic E-state index is -3.75. The van der Waals surface area contributed by atoms with Crippen molar-refractivity contribution in [3.8, 4) is 0 Å². The Hall–Kier alpha value is -3.12. The third kappa shape index (κ3) is 5.33. The van der Waals surface area contributed by atoms with E-state index in [0.29, 0.717) is 11.3 Å². The number of amides is 1. The van der Waals surface area contributed by atoms with Crippen LogP contribution in [0.25, 0.3) is 0 Å². The molecule has 162 valence electrons. The van der Waals surface area contributed by atoms with E-state index in [-0.39, 0.29) is 16.8 Å². The first-order valence-corrected chi connectivity index (χ1v) is 11.6. The maximum absolute atomic E-state index is 12.9. The highest BCUT2D eigenvalue weighted by Crippen LogP contribution is 2.23. The highest BCUT2D eigenvalue weighted by atomic mass is 32.2. The van der Waals surface area contributed by atoms with Gasteiger partial charge >= 0.3 is 0 Å². The zero-order valence-corrected chi connectivity index (χ0v) is 19.3. The van der Waals surface area contributed by atoms with E-state index in [0.717, 1.165) is 22.3 Å². The molecule has 0 saturated heterocycles. The SMILES string of the molecule is Cc1ccc(S(=O)(=O)Nc2cc(C(=O)N[C@H](C)c3ccc(C)cc3C)ccc2C)cc1. The lowest BCUT2D eigenvalue weighted by molar-refractivity contribution is 0.0940. The van der Waals surface area contributed by atoms with Crippen LogP contribution >= 0.6 is 0 Å². The fourth-order valence-electron chi connectivity index (χ4n) is 3.46. The Labute approximate surface area is 184 Å². The lowest BCUT2D eigenvalue weighted by atomic mass is 10.00. The molecule has 5 nitrogen and oxygen atoms in total. The van der Waals surface area contributed by atoms with Crippen molar-refractivity contribution >= 4 is 21.6 Å². The fraction of sp³-hybridized carbons (Fsp3) is 0.240. The van der Waals surface area contributed by atoms with E-state index >= 15 is 0 Å². The quantitative estimate of drug-likeness (QED) is 0.557. The molecule has 0 radical (unpaired) electrons. The van der Waals surface area contributed by atoms with Gasteiger partial charge in [0.2, 0.25) is 0 Å². The summed E-state index contributed by atoms with van der Waals surface area (Å²) in [5.41, 5.74) is 5.82. The van der Waals surface area contributed by atoms with E-state index in [2.05, 4.69) is 16.1 Å². The number of hydrogen-bond donors (Lipinski definition) is 2. The minimum Gasteiger partial charge on any atom is -0.346 e. The van der Waals surface area contributed by atoms with Crippen LogP contribution in [-0.4, -0.2) is 14.3 Å². The Morgan fingerprint density at radius 2 is 1.45 bits per heavy atom. The van der Waals surface area contributed by atoms with Crippen LogP contribution in [-0.2, 0) is 10.0 Å². The molecule has 0 fully saturated rings. The van der Waals surface area contributed by atoms with E-state index < -0.39 is 10.0 Å². The standard InChI is InChI=1S/C25H28N2O3S/c1-16-6-11-22(12-7-16)31(29,30)27-24-15-21(10-9-18(24)3)25(28)26-20(5)23-13-8-17(2)14-19(23)4/h6-15,20,27H,1-5H3,(H,26,28)/t20-/m1/s1. The largest absolute Gasteiger partial charge is 0.346 e. The van der Waals surface area contributed by atoms with Crippen LogP contribution in [0.1, 0.15) is 51.1 Å². The molecule has 0 aliphatic carbocycles. The second kappa shape index (κ2) is 8.94. The summed E-state index contributed by atoms with van der Waals surface area (Å²) in [6, 6.07) is 17.6. The molecule has 0 aliphatic heterocycles. The molecule has 0 saturated carbocycles. The Kier molecular flexibility index (Phi) is 6.51. The van der Waals surface area contributed by atoms with Crippen molar-refractivity contribution in [1.82, 2.24) is 5.32 Å². The van der Waals surface area contributed by atoms with Gasteiger partial charge in [-0.25, -0.2) is 8.42 Å². The van der Waals surface area contributed by atoms with Gasteiger partial charge in [0.1, 0.15) is 0 Å². The van der Waals surface area contributed by atoms with Crippen LogP contribution in [0, 0.1) is 27.7 Å². The minimum absolute atomic E-state index is 0.177. The van der Waals surface area contributed by atoms with Gasteiger partial charge in [0.15, 0.2) is 0 Å². The molecular weight excluding hydrogens is 408 g/mol. The van der Waals surface area contributed by atoms with Crippen molar-refractivity contribution in [2.45, 2.75) is 45.6 Å². The van der Waals surface area contributed by atoms with Gasteiger partial charge in [0.05, 0.1) is 16.6 Å². The zero-order chi connectivity index (χ0) is 22.8. The number of sulfonamides is 1. The van der Waals surface area contributed by atoms with Crippen molar-refractivity contribution in [2.24, 2.45) is 0 Å². The molecule has 2 N–H and O–H groups in total. The van der Waals surface area contributed by atoms with Crippen LogP contribution in [0.15, 0.2) is 65.6 Å². The number of anilines is 1. The van der Waals surface area contributed by atoms with Gasteiger partial charge in [-0.3, -0.25) is 9.52 Å². The molecule has 0 aromatic heterocycles. The van der Waals surface area contributed by atoms with E-state index in [4.69, 9.17) is 0 Å². The summed E-state index contributed by atoms with van der Waals surface area (Å²) in [4.78, 5) is 13.0. The van der Waals surface area contributed by atoms with Gasteiger partial charge in [-0.05, 0) is 75.6 Å². The molecule has 3 aromatic rings. The molecule has 3 aromatic carbocycles. The Morgan fingerprint density at radius 1 is 0.806 bits per heavy atom. The number of aryl methyl sites for hydroxylation is 4. The number of rotatable bonds is 6. The van der Waals surface area contributed by atoms with E-state index in [1.807, 2.05) is 39.8 Å². The monoisotopic (exact) mass is 436 g/mol. The number of benzene rings is 3. The third-order valence-corrected chi connectivity index (χ3v) is 6.70. The molecular formula is C25H28N2O3S. The zero-order valence-electron chi connectivity index (χ0n) is 18.5.